The summed E-state index contributed by atoms with van der Waals surface area (Å²) >= 11 is -16.9. The molecule has 0 saturated heterocycles. The molecule has 98 valence electrons. The van der Waals surface area contributed by atoms with Crippen molar-refractivity contribution in [1.29, 1.82) is 0 Å². The van der Waals surface area contributed by atoms with Crippen LogP contribution < -0.4 is 12.6 Å². The first-order valence-corrected chi connectivity index (χ1v) is 7.63. The van der Waals surface area contributed by atoms with E-state index in [0.29, 0.717) is 0 Å². The minimum Gasteiger partial charge on any atom is 3.00 e. The van der Waals surface area contributed by atoms with E-state index >= 15 is 0 Å². The van der Waals surface area contributed by atoms with Gasteiger partial charge in [-0.25, -0.2) is 0 Å². The van der Waals surface area contributed by atoms with Gasteiger partial charge in [-0.15, -0.1) is 0 Å². The van der Waals surface area contributed by atoms with E-state index < -0.39 is 38.9 Å². The average Bonchev–Trinajstić information content (AvgIpc) is 1.41. The predicted molar refractivity (Wildman–Crippen MR) is 6.18 cm³/mol. The summed E-state index contributed by atoms with van der Waals surface area (Å²) in [6.07, 6.45) is 0. The zero-order chi connectivity index (χ0) is 13.5. The van der Waals surface area contributed by atoms with E-state index in [-0.39, 0.29) is 18.6 Å². The summed E-state index contributed by atoms with van der Waals surface area (Å²) in [5.41, 5.74) is 0. The fourth-order valence-corrected chi connectivity index (χ4v) is 0. The maximum atomic E-state index is 8.58. The Kier molecular flexibility index (Phi) is 14.6. The largest absolute Gasteiger partial charge is 3.00 e. The second-order valence-corrected chi connectivity index (χ2v) is 4.68. The van der Waals surface area contributed by atoms with E-state index in [2.05, 4.69) is 0 Å². The second kappa shape index (κ2) is 9.27. The van der Waals surface area contributed by atoms with Crippen molar-refractivity contribution in [3.8, 4) is 0 Å². The molecule has 0 aliphatic carbocycles. The summed E-state index contributed by atoms with van der Waals surface area (Å²) < 4.78 is 103. The third-order valence-corrected chi connectivity index (χ3v) is 0. The molecule has 0 bridgehead atoms. The molecule has 0 aromatic carbocycles. The smallest absolute Gasteiger partial charge is 3.00 e. The van der Waals surface area contributed by atoms with Gasteiger partial charge in [-0.3, -0.25) is 0 Å². The van der Waals surface area contributed by atoms with Crippen molar-refractivity contribution in [2.45, 2.75) is 0 Å². The van der Waals surface area contributed by atoms with Gasteiger partial charge < -0.3 is 0 Å². The third-order valence-electron chi connectivity index (χ3n) is 0. The van der Waals surface area contributed by atoms with E-state index in [1.54, 1.807) is 0 Å². The van der Waals surface area contributed by atoms with E-state index in [1.165, 1.54) is 0 Å². The first-order chi connectivity index (χ1) is 6.00. The van der Waals surface area contributed by atoms with Gasteiger partial charge in [0.2, 0.25) is 0 Å². The van der Waals surface area contributed by atoms with Gasteiger partial charge in [-0.2, -0.15) is 0 Å². The molecular formula is Mn3O12V. The van der Waals surface area contributed by atoms with Crippen LogP contribution in [0.3, 0.4) is 0 Å². The monoisotopic (exact) mass is 408 g/mol. The van der Waals surface area contributed by atoms with Crippen molar-refractivity contribution in [3.63, 3.8) is 0 Å². The Labute approximate surface area is 104 Å². The molecule has 0 aromatic heterocycles. The standard InChI is InChI=1S/3Mn.12O.V/q;;;;;;;;;;;;3*-1;+3. The van der Waals surface area contributed by atoms with Gasteiger partial charge in [0.25, 0.3) is 0 Å². The van der Waals surface area contributed by atoms with Crippen LogP contribution in [0.2, 0.25) is 0 Å². The zero-order valence-corrected chi connectivity index (χ0v) is 11.4. The van der Waals surface area contributed by atoms with Crippen molar-refractivity contribution in [2.24, 2.45) is 0 Å². The van der Waals surface area contributed by atoms with E-state index in [0.717, 1.165) is 0 Å². The van der Waals surface area contributed by atoms with Crippen LogP contribution in [-0.4, -0.2) is 0 Å². The predicted octanol–water partition coefficient (Wildman–Crippen LogP) is -4.65. The maximum absolute atomic E-state index is 8.58. The van der Waals surface area contributed by atoms with Gasteiger partial charge in [0.05, 0.1) is 0 Å². The Morgan fingerprint density at radius 1 is 0.438 bits per heavy atom. The molecule has 0 unspecified atom stereocenters. The molecule has 0 radical (unpaired) electrons. The molecular weight excluding hydrogens is 408 g/mol. The van der Waals surface area contributed by atoms with Crippen LogP contribution in [0.4, 0.5) is 0 Å². The van der Waals surface area contributed by atoms with Crippen LogP contribution >= 0.6 is 0 Å². The Morgan fingerprint density at radius 2 is 0.438 bits per heavy atom. The number of hydrogen-bond donors (Lipinski definition) is 0. The van der Waals surface area contributed by atoms with E-state index in [9.17, 15) is 0 Å². The molecule has 0 saturated carbocycles. The summed E-state index contributed by atoms with van der Waals surface area (Å²) in [6.45, 7) is 0. The molecule has 0 spiro atoms. The molecule has 0 rings (SSSR count). The van der Waals surface area contributed by atoms with E-state index in [4.69, 9.17) is 47.1 Å². The van der Waals surface area contributed by atoms with Crippen LogP contribution in [-0.2, 0) is 92.0 Å². The third kappa shape index (κ3) is 50100. The maximum Gasteiger partial charge on any atom is 3.00 e. The Balaban J connectivity index is -0.0000000655. The molecule has 0 atom stereocenters. The second-order valence-electron chi connectivity index (χ2n) is 1.13. The molecule has 0 aromatic rings. The molecule has 16 heavy (non-hydrogen) atoms. The molecule has 0 N–H and O–H groups in total. The van der Waals surface area contributed by atoms with Crippen LogP contribution in [0, 0.1) is 0 Å². The first-order valence-electron chi connectivity index (χ1n) is 1.85. The summed E-state index contributed by atoms with van der Waals surface area (Å²) in [7, 11) is 0. The SMILES string of the molecule is [O]=[Mn](=[O])(=[O])[O-].[O]=[Mn](=[O])(=[O])[O-].[O]=[Mn](=[O])(=[O])[O-].[V+3]. The topological polar surface area (TPSA) is 223 Å². The molecule has 0 amide bonds. The van der Waals surface area contributed by atoms with Gasteiger partial charge in [-0.05, 0) is 0 Å². The minimum absolute atomic E-state index is 0. The molecule has 16 heteroatoms. The van der Waals surface area contributed by atoms with Crippen molar-refractivity contribution in [1.82, 2.24) is 0 Å². The fourth-order valence-electron chi connectivity index (χ4n) is 0. The zero-order valence-electron chi connectivity index (χ0n) is 6.48. The number of hydrogen-bond acceptors (Lipinski definition) is 12. The normalized spacial score (nSPS) is 10.7. The number of rotatable bonds is 0. The van der Waals surface area contributed by atoms with Gasteiger partial charge in [0.15, 0.2) is 0 Å². The summed E-state index contributed by atoms with van der Waals surface area (Å²) in [5, 5.41) is 0. The van der Waals surface area contributed by atoms with Crippen LogP contribution in [0.5, 0.6) is 0 Å². The Bertz CT molecular complexity index is 480. The van der Waals surface area contributed by atoms with Gasteiger partial charge in [0, 0.05) is 0 Å². The van der Waals surface area contributed by atoms with Gasteiger partial charge in [0.1, 0.15) is 0 Å². The van der Waals surface area contributed by atoms with Crippen molar-refractivity contribution >= 4 is 0 Å². The molecule has 0 fully saturated rings. The van der Waals surface area contributed by atoms with Gasteiger partial charge >= 0.3 is 105 Å². The Hall–Kier alpha value is 0.223. The summed E-state index contributed by atoms with van der Waals surface area (Å²) in [6, 6.07) is 0. The average molecular weight is 408 g/mol. The van der Waals surface area contributed by atoms with Crippen molar-refractivity contribution < 1.29 is 105 Å². The van der Waals surface area contributed by atoms with Crippen LogP contribution in [0.15, 0.2) is 0 Å². The minimum atomic E-state index is -5.62. The fraction of sp³-hybridized carbons (Fsp3) is 0. The first kappa shape index (κ1) is 25.2. The Morgan fingerprint density at radius 3 is 0.438 bits per heavy atom. The van der Waals surface area contributed by atoms with E-state index in [1.807, 2.05) is 0 Å². The van der Waals surface area contributed by atoms with Crippen molar-refractivity contribution in [2.75, 3.05) is 0 Å². The molecule has 12 nitrogen and oxygen atoms in total. The van der Waals surface area contributed by atoms with Crippen LogP contribution in [0.1, 0.15) is 0 Å². The quantitative estimate of drug-likeness (QED) is 0.345. The summed E-state index contributed by atoms with van der Waals surface area (Å²) in [5.74, 6) is 0. The van der Waals surface area contributed by atoms with Crippen LogP contribution in [0.25, 0.3) is 0 Å². The summed E-state index contributed by atoms with van der Waals surface area (Å²) in [4.78, 5) is 0. The molecule has 0 heterocycles. The van der Waals surface area contributed by atoms with Crippen molar-refractivity contribution in [3.05, 3.63) is 0 Å². The molecule has 0 aliphatic rings. The van der Waals surface area contributed by atoms with Gasteiger partial charge in [-0.1, -0.05) is 0 Å². The molecule has 0 aliphatic heterocycles.